The number of guanidine groups is 1. The number of piperazine rings is 1. The summed E-state index contributed by atoms with van der Waals surface area (Å²) >= 11 is 0. The highest BCUT2D eigenvalue weighted by atomic mass is 127. The van der Waals surface area contributed by atoms with E-state index in [1.54, 1.807) is 0 Å². The van der Waals surface area contributed by atoms with Crippen LogP contribution in [0.1, 0.15) is 18.2 Å². The van der Waals surface area contributed by atoms with E-state index in [4.69, 9.17) is 5.73 Å². The van der Waals surface area contributed by atoms with Crippen molar-refractivity contribution < 1.29 is 4.39 Å². The number of nitrogens with two attached hydrogens (primary N) is 1. The molecule has 0 spiro atoms. The molecule has 140 valence electrons. The van der Waals surface area contributed by atoms with Crippen LogP contribution in [0.3, 0.4) is 0 Å². The van der Waals surface area contributed by atoms with Crippen LogP contribution < -0.4 is 10.6 Å². The van der Waals surface area contributed by atoms with E-state index < -0.39 is 0 Å². The van der Waals surface area contributed by atoms with E-state index in [2.05, 4.69) is 32.8 Å². The second-order valence-corrected chi connectivity index (χ2v) is 6.13. The van der Waals surface area contributed by atoms with Crippen LogP contribution in [-0.4, -0.2) is 42.0 Å². The Bertz CT molecular complexity index is 727. The minimum atomic E-state index is -0.209. The summed E-state index contributed by atoms with van der Waals surface area (Å²) in [7, 11) is 0. The SMILES string of the molecule is CCc1ccnc(CN=C(N)N2CCN(c3ccc(F)cc3)CC2)c1.I. The Kier molecular flexibility index (Phi) is 7.62. The van der Waals surface area contributed by atoms with Gasteiger partial charge in [0.2, 0.25) is 0 Å². The summed E-state index contributed by atoms with van der Waals surface area (Å²) in [5, 5.41) is 0. The fourth-order valence-corrected chi connectivity index (χ4v) is 2.94. The third kappa shape index (κ3) is 5.30. The number of aliphatic imine (C=N–C) groups is 1. The van der Waals surface area contributed by atoms with Gasteiger partial charge in [-0.2, -0.15) is 0 Å². The highest BCUT2D eigenvalue weighted by Gasteiger charge is 2.18. The molecule has 0 atom stereocenters. The van der Waals surface area contributed by atoms with Gasteiger partial charge in [-0.25, -0.2) is 9.38 Å². The van der Waals surface area contributed by atoms with Crippen LogP contribution in [0, 0.1) is 5.82 Å². The second kappa shape index (κ2) is 9.70. The number of nitrogens with zero attached hydrogens (tertiary/aromatic N) is 4. The minimum Gasteiger partial charge on any atom is -0.370 e. The number of aromatic nitrogens is 1. The van der Waals surface area contributed by atoms with Crippen molar-refractivity contribution in [3.8, 4) is 0 Å². The van der Waals surface area contributed by atoms with Crippen LogP contribution in [-0.2, 0) is 13.0 Å². The average molecular weight is 469 g/mol. The van der Waals surface area contributed by atoms with Crippen LogP contribution in [0.25, 0.3) is 0 Å². The molecule has 3 rings (SSSR count). The lowest BCUT2D eigenvalue weighted by molar-refractivity contribution is 0.380. The first kappa shape index (κ1) is 20.4. The summed E-state index contributed by atoms with van der Waals surface area (Å²) in [6.45, 7) is 5.90. The molecular weight excluding hydrogens is 444 g/mol. The molecule has 0 radical (unpaired) electrons. The summed E-state index contributed by atoms with van der Waals surface area (Å²) in [6.07, 6.45) is 2.81. The number of halogens is 2. The van der Waals surface area contributed by atoms with E-state index in [9.17, 15) is 4.39 Å². The molecular formula is C19H25FIN5. The van der Waals surface area contributed by atoms with Crippen LogP contribution in [0.2, 0.25) is 0 Å². The molecule has 1 aromatic carbocycles. The van der Waals surface area contributed by atoms with Crippen molar-refractivity contribution in [1.82, 2.24) is 9.88 Å². The number of hydrogen-bond donors (Lipinski definition) is 1. The topological polar surface area (TPSA) is 57.8 Å². The monoisotopic (exact) mass is 469 g/mol. The van der Waals surface area contributed by atoms with Gasteiger partial charge in [0, 0.05) is 38.1 Å². The Morgan fingerprint density at radius 3 is 2.50 bits per heavy atom. The number of hydrogen-bond acceptors (Lipinski definition) is 3. The van der Waals surface area contributed by atoms with Gasteiger partial charge in [-0.15, -0.1) is 24.0 Å². The van der Waals surface area contributed by atoms with Gasteiger partial charge in [-0.3, -0.25) is 4.98 Å². The molecule has 5 nitrogen and oxygen atoms in total. The molecule has 1 aliphatic rings. The Hall–Kier alpha value is -1.90. The van der Waals surface area contributed by atoms with Crippen molar-refractivity contribution in [2.24, 2.45) is 10.7 Å². The fraction of sp³-hybridized carbons (Fsp3) is 0.368. The van der Waals surface area contributed by atoms with Crippen molar-refractivity contribution >= 4 is 35.6 Å². The molecule has 26 heavy (non-hydrogen) atoms. The quantitative estimate of drug-likeness (QED) is 0.425. The lowest BCUT2D eigenvalue weighted by Crippen LogP contribution is -2.51. The van der Waals surface area contributed by atoms with E-state index in [0.717, 1.165) is 44.0 Å². The van der Waals surface area contributed by atoms with E-state index >= 15 is 0 Å². The normalized spacial score (nSPS) is 14.9. The fourth-order valence-electron chi connectivity index (χ4n) is 2.94. The van der Waals surface area contributed by atoms with Crippen molar-refractivity contribution in [1.29, 1.82) is 0 Å². The summed E-state index contributed by atoms with van der Waals surface area (Å²) in [6, 6.07) is 10.7. The third-order valence-corrected chi connectivity index (χ3v) is 4.49. The minimum absolute atomic E-state index is 0. The van der Waals surface area contributed by atoms with Gasteiger partial charge in [-0.05, 0) is 48.4 Å². The molecule has 1 saturated heterocycles. The first-order chi connectivity index (χ1) is 12.2. The smallest absolute Gasteiger partial charge is 0.191 e. The predicted octanol–water partition coefficient (Wildman–Crippen LogP) is 3.04. The number of pyridine rings is 1. The molecule has 2 heterocycles. The van der Waals surface area contributed by atoms with Crippen molar-refractivity contribution in [2.75, 3.05) is 31.1 Å². The molecule has 1 aliphatic heterocycles. The molecule has 7 heteroatoms. The number of benzene rings is 1. The van der Waals surface area contributed by atoms with Gasteiger partial charge in [0.15, 0.2) is 5.96 Å². The van der Waals surface area contributed by atoms with Crippen LogP contribution in [0.15, 0.2) is 47.6 Å². The Morgan fingerprint density at radius 2 is 1.85 bits per heavy atom. The average Bonchev–Trinajstić information content (AvgIpc) is 2.67. The first-order valence-corrected chi connectivity index (χ1v) is 8.65. The van der Waals surface area contributed by atoms with Gasteiger partial charge in [0.25, 0.3) is 0 Å². The van der Waals surface area contributed by atoms with Gasteiger partial charge in [0.1, 0.15) is 5.82 Å². The Balaban J connectivity index is 0.00000243. The van der Waals surface area contributed by atoms with Gasteiger partial charge in [-0.1, -0.05) is 6.92 Å². The van der Waals surface area contributed by atoms with Gasteiger partial charge < -0.3 is 15.5 Å². The second-order valence-electron chi connectivity index (χ2n) is 6.13. The third-order valence-electron chi connectivity index (χ3n) is 4.49. The number of aryl methyl sites for hydroxylation is 1. The maximum absolute atomic E-state index is 13.0. The Morgan fingerprint density at radius 1 is 1.15 bits per heavy atom. The van der Waals surface area contributed by atoms with Crippen molar-refractivity contribution in [3.05, 3.63) is 59.7 Å². The zero-order valence-corrected chi connectivity index (χ0v) is 17.3. The molecule has 0 bridgehead atoms. The van der Waals surface area contributed by atoms with E-state index in [0.29, 0.717) is 12.5 Å². The molecule has 2 aromatic rings. The summed E-state index contributed by atoms with van der Waals surface area (Å²) in [5.74, 6) is 0.349. The van der Waals surface area contributed by atoms with Crippen LogP contribution >= 0.6 is 24.0 Å². The number of rotatable bonds is 4. The maximum Gasteiger partial charge on any atom is 0.191 e. The molecule has 0 saturated carbocycles. The van der Waals surface area contributed by atoms with Crippen LogP contribution in [0.4, 0.5) is 10.1 Å². The molecule has 0 unspecified atom stereocenters. The van der Waals surface area contributed by atoms with E-state index in [1.807, 2.05) is 24.4 Å². The summed E-state index contributed by atoms with van der Waals surface area (Å²) < 4.78 is 13.0. The molecule has 0 amide bonds. The maximum atomic E-state index is 13.0. The van der Waals surface area contributed by atoms with Crippen molar-refractivity contribution in [3.63, 3.8) is 0 Å². The van der Waals surface area contributed by atoms with Gasteiger partial charge in [0.05, 0.1) is 12.2 Å². The highest BCUT2D eigenvalue weighted by molar-refractivity contribution is 14.0. The summed E-state index contributed by atoms with van der Waals surface area (Å²) in [4.78, 5) is 13.2. The molecule has 2 N–H and O–H groups in total. The van der Waals surface area contributed by atoms with Gasteiger partial charge >= 0.3 is 0 Å². The van der Waals surface area contributed by atoms with Crippen LogP contribution in [0.5, 0.6) is 0 Å². The summed E-state index contributed by atoms with van der Waals surface area (Å²) in [5.41, 5.74) is 9.38. The lowest BCUT2D eigenvalue weighted by Gasteiger charge is -2.36. The number of anilines is 1. The zero-order chi connectivity index (χ0) is 17.6. The molecule has 0 aliphatic carbocycles. The van der Waals surface area contributed by atoms with E-state index in [-0.39, 0.29) is 29.8 Å². The largest absolute Gasteiger partial charge is 0.370 e. The zero-order valence-electron chi connectivity index (χ0n) is 14.9. The highest BCUT2D eigenvalue weighted by Crippen LogP contribution is 2.16. The van der Waals surface area contributed by atoms with E-state index in [1.165, 1.54) is 17.7 Å². The molecule has 1 aromatic heterocycles. The lowest BCUT2D eigenvalue weighted by atomic mass is 10.2. The standard InChI is InChI=1S/C19H24FN5.HI/c1-2-15-7-8-22-17(13-15)14-23-19(21)25-11-9-24(10-12-25)18-5-3-16(20)4-6-18;/h3-8,13H,2,9-12,14H2,1H3,(H2,21,23);1H. The first-order valence-electron chi connectivity index (χ1n) is 8.65. The Labute approximate surface area is 171 Å². The van der Waals surface area contributed by atoms with Crippen molar-refractivity contribution in [2.45, 2.75) is 19.9 Å². The molecule has 1 fully saturated rings. The predicted molar refractivity (Wildman–Crippen MR) is 115 cm³/mol.